The van der Waals surface area contributed by atoms with Crippen LogP contribution < -0.4 is 4.74 Å². The van der Waals surface area contributed by atoms with Gasteiger partial charge >= 0.3 is 0 Å². The molecule has 0 fully saturated rings. The number of fused-ring (bicyclic) bond motifs is 2. The molecule has 0 atom stereocenters. The minimum absolute atomic E-state index is 0.562. The molecular formula is C29H41NO6. The van der Waals surface area contributed by atoms with Crippen molar-refractivity contribution in [3.63, 3.8) is 0 Å². The van der Waals surface area contributed by atoms with Crippen LogP contribution in [0.2, 0.25) is 0 Å². The Balaban J connectivity index is 1.27. The van der Waals surface area contributed by atoms with Gasteiger partial charge in [0.25, 0.3) is 0 Å². The van der Waals surface area contributed by atoms with Gasteiger partial charge in [0.05, 0.1) is 59.5 Å². The topological polar surface area (TPSA) is 58.6 Å². The lowest BCUT2D eigenvalue weighted by Crippen LogP contribution is -2.24. The highest BCUT2D eigenvalue weighted by atomic mass is 16.6. The van der Waals surface area contributed by atoms with E-state index >= 15 is 0 Å². The lowest BCUT2D eigenvalue weighted by Gasteiger charge is -2.16. The molecule has 198 valence electrons. The van der Waals surface area contributed by atoms with Crippen LogP contribution in [0.1, 0.15) is 23.1 Å². The van der Waals surface area contributed by atoms with Crippen molar-refractivity contribution < 1.29 is 28.4 Å². The second-order valence-corrected chi connectivity index (χ2v) is 8.59. The molecule has 3 rings (SSSR count). The van der Waals surface area contributed by atoms with E-state index in [1.54, 1.807) is 7.11 Å². The number of likely N-dealkylation sites (N-methyl/N-ethyl adjacent to an activating group) is 1. The van der Waals surface area contributed by atoms with Gasteiger partial charge in [0, 0.05) is 25.8 Å². The van der Waals surface area contributed by atoms with Gasteiger partial charge in [0.2, 0.25) is 0 Å². The predicted molar refractivity (Wildman–Crippen MR) is 142 cm³/mol. The summed E-state index contributed by atoms with van der Waals surface area (Å²) in [7, 11) is 3.79. The van der Waals surface area contributed by atoms with Crippen molar-refractivity contribution in [3.8, 4) is 5.75 Å². The van der Waals surface area contributed by atoms with E-state index in [-0.39, 0.29) is 0 Å². The molecule has 7 heteroatoms. The van der Waals surface area contributed by atoms with Crippen LogP contribution in [0.4, 0.5) is 0 Å². The second-order valence-electron chi connectivity index (χ2n) is 8.59. The van der Waals surface area contributed by atoms with E-state index in [4.69, 9.17) is 28.4 Å². The highest BCUT2D eigenvalue weighted by molar-refractivity contribution is 5.84. The van der Waals surface area contributed by atoms with Crippen LogP contribution in [0.15, 0.2) is 54.6 Å². The SMILES string of the molecule is COCCOCCOCCOCCOCCN(C)CC/C=C1/c2ccccc2COc2ccccc21. The molecule has 0 saturated carbocycles. The van der Waals surface area contributed by atoms with Crippen LogP contribution in [-0.4, -0.2) is 91.6 Å². The maximum Gasteiger partial charge on any atom is 0.127 e. The van der Waals surface area contributed by atoms with Crippen molar-refractivity contribution in [2.24, 2.45) is 0 Å². The van der Waals surface area contributed by atoms with Crippen LogP contribution in [-0.2, 0) is 30.3 Å². The average molecular weight is 500 g/mol. The summed E-state index contributed by atoms with van der Waals surface area (Å²) in [5.74, 6) is 0.947. The van der Waals surface area contributed by atoms with Crippen LogP contribution in [0.25, 0.3) is 5.57 Å². The van der Waals surface area contributed by atoms with Crippen LogP contribution in [0, 0.1) is 0 Å². The minimum Gasteiger partial charge on any atom is -0.488 e. The van der Waals surface area contributed by atoms with E-state index in [0.29, 0.717) is 66.1 Å². The molecule has 1 aliphatic rings. The summed E-state index contributed by atoms with van der Waals surface area (Å²) >= 11 is 0. The molecule has 7 nitrogen and oxygen atoms in total. The lowest BCUT2D eigenvalue weighted by molar-refractivity contribution is -0.00884. The second kappa shape index (κ2) is 17.2. The Bertz CT molecular complexity index is 853. The molecule has 2 aromatic carbocycles. The quantitative estimate of drug-likeness (QED) is 0.287. The molecule has 0 bridgehead atoms. The Morgan fingerprint density at radius 2 is 1.31 bits per heavy atom. The number of methoxy groups -OCH3 is 1. The van der Waals surface area contributed by atoms with Gasteiger partial charge in [-0.2, -0.15) is 0 Å². The number of rotatable bonds is 18. The zero-order chi connectivity index (χ0) is 25.3. The molecule has 2 aromatic rings. The first-order chi connectivity index (χ1) is 17.8. The first-order valence-corrected chi connectivity index (χ1v) is 12.8. The zero-order valence-corrected chi connectivity index (χ0v) is 21.8. The van der Waals surface area contributed by atoms with Crippen LogP contribution in [0.3, 0.4) is 0 Å². The molecule has 36 heavy (non-hydrogen) atoms. The molecule has 0 radical (unpaired) electrons. The molecule has 0 aliphatic carbocycles. The highest BCUT2D eigenvalue weighted by Crippen LogP contribution is 2.36. The Morgan fingerprint density at radius 1 is 0.722 bits per heavy atom. The van der Waals surface area contributed by atoms with Crippen molar-refractivity contribution >= 4 is 5.57 Å². The van der Waals surface area contributed by atoms with Gasteiger partial charge in [-0.3, -0.25) is 0 Å². The molecule has 0 amide bonds. The van der Waals surface area contributed by atoms with Crippen molar-refractivity contribution in [1.29, 1.82) is 0 Å². The third kappa shape index (κ3) is 10.0. The number of hydrogen-bond acceptors (Lipinski definition) is 7. The van der Waals surface area contributed by atoms with Gasteiger partial charge in [-0.1, -0.05) is 48.5 Å². The summed E-state index contributed by atoms with van der Waals surface area (Å²) in [6, 6.07) is 16.8. The van der Waals surface area contributed by atoms with E-state index in [1.807, 2.05) is 6.07 Å². The molecule has 0 spiro atoms. The van der Waals surface area contributed by atoms with Gasteiger partial charge in [0.1, 0.15) is 12.4 Å². The maximum absolute atomic E-state index is 6.07. The Hall–Kier alpha value is -2.26. The fraction of sp³-hybridized carbons (Fsp3) is 0.517. The van der Waals surface area contributed by atoms with Crippen molar-refractivity contribution in [2.45, 2.75) is 13.0 Å². The monoisotopic (exact) mass is 499 g/mol. The molecule has 0 aromatic heterocycles. The predicted octanol–water partition coefficient (Wildman–Crippen LogP) is 4.05. The molecule has 1 aliphatic heterocycles. The van der Waals surface area contributed by atoms with Gasteiger partial charge in [0.15, 0.2) is 0 Å². The number of benzene rings is 2. The van der Waals surface area contributed by atoms with E-state index in [1.165, 1.54) is 16.7 Å². The summed E-state index contributed by atoms with van der Waals surface area (Å²) in [6.45, 7) is 7.76. The average Bonchev–Trinajstić information content (AvgIpc) is 3.06. The van der Waals surface area contributed by atoms with Crippen molar-refractivity contribution in [1.82, 2.24) is 4.90 Å². The van der Waals surface area contributed by atoms with Crippen LogP contribution >= 0.6 is 0 Å². The Morgan fingerprint density at radius 3 is 2.00 bits per heavy atom. The standard InChI is InChI=1S/C29H41NO6/c1-30(14-15-32-18-19-34-22-23-35-21-20-33-17-16-31-2)13-7-11-27-26-9-4-3-8-25(26)24-36-29-12-6-5-10-28(27)29/h3-6,8-12H,7,13-24H2,1-2H3/b27-11-. The number of nitrogens with zero attached hydrogens (tertiary/aromatic N) is 1. The van der Waals surface area contributed by atoms with Crippen molar-refractivity contribution in [2.75, 3.05) is 86.7 Å². The zero-order valence-electron chi connectivity index (χ0n) is 21.8. The molecular weight excluding hydrogens is 458 g/mol. The number of hydrogen-bond donors (Lipinski definition) is 0. The summed E-state index contributed by atoms with van der Waals surface area (Å²) in [4.78, 5) is 2.30. The van der Waals surface area contributed by atoms with E-state index < -0.39 is 0 Å². The van der Waals surface area contributed by atoms with E-state index in [0.717, 1.165) is 30.8 Å². The van der Waals surface area contributed by atoms with Gasteiger partial charge in [-0.05, 0) is 36.2 Å². The minimum atomic E-state index is 0.562. The molecule has 0 unspecified atom stereocenters. The molecule has 0 saturated heterocycles. The Labute approximate surface area is 215 Å². The normalized spacial score (nSPS) is 13.9. The van der Waals surface area contributed by atoms with Gasteiger partial charge in [-0.25, -0.2) is 0 Å². The van der Waals surface area contributed by atoms with Crippen LogP contribution in [0.5, 0.6) is 5.75 Å². The third-order valence-corrected chi connectivity index (χ3v) is 5.89. The molecule has 1 heterocycles. The largest absolute Gasteiger partial charge is 0.488 e. The smallest absolute Gasteiger partial charge is 0.127 e. The lowest BCUT2D eigenvalue weighted by atomic mass is 9.93. The summed E-state index contributed by atoms with van der Waals surface area (Å²) in [5, 5.41) is 0. The van der Waals surface area contributed by atoms with Gasteiger partial charge < -0.3 is 33.3 Å². The number of para-hydroxylation sites is 1. The molecule has 0 N–H and O–H groups in total. The van der Waals surface area contributed by atoms with E-state index in [2.05, 4.69) is 60.5 Å². The van der Waals surface area contributed by atoms with Gasteiger partial charge in [-0.15, -0.1) is 0 Å². The third-order valence-electron chi connectivity index (χ3n) is 5.89. The van der Waals surface area contributed by atoms with E-state index in [9.17, 15) is 0 Å². The summed E-state index contributed by atoms with van der Waals surface area (Å²) < 4.78 is 33.0. The summed E-state index contributed by atoms with van der Waals surface area (Å²) in [5.41, 5.74) is 4.90. The summed E-state index contributed by atoms with van der Waals surface area (Å²) in [6.07, 6.45) is 3.29. The Kier molecular flexibility index (Phi) is 13.6. The fourth-order valence-electron chi connectivity index (χ4n) is 3.91. The highest BCUT2D eigenvalue weighted by Gasteiger charge is 2.18. The first-order valence-electron chi connectivity index (χ1n) is 12.8. The number of ether oxygens (including phenoxy) is 6. The first kappa shape index (κ1) is 28.3. The van der Waals surface area contributed by atoms with Crippen molar-refractivity contribution in [3.05, 3.63) is 71.3 Å². The maximum atomic E-state index is 6.07. The fourth-order valence-corrected chi connectivity index (χ4v) is 3.91.